The monoisotopic (exact) mass is 508 g/mol. The Hall–Kier alpha value is -3.25. The molecule has 35 heavy (non-hydrogen) atoms. The number of nitrogens with one attached hydrogen (secondary N) is 1. The fourth-order valence-corrected chi connectivity index (χ4v) is 5.88. The molecule has 2 aromatic heterocycles. The number of benzene rings is 2. The molecule has 0 atom stereocenters. The van der Waals surface area contributed by atoms with Gasteiger partial charge < -0.3 is 9.30 Å². The lowest BCUT2D eigenvalue weighted by Gasteiger charge is -2.30. The SMILES string of the molecule is COCN1c2cc(Cn3cnc(CCNS(=O)(=O)c4ccccc4)c3)ccc2Sc2nccnc21. The number of nitrogens with zero attached hydrogens (tertiary/aromatic N) is 5. The minimum Gasteiger partial charge on any atom is -0.364 e. The van der Waals surface area contributed by atoms with Gasteiger partial charge in [-0.1, -0.05) is 36.0 Å². The standard InChI is InChI=1S/C24H24N6O3S2/c1-33-17-30-21-13-18(7-8-22(21)34-24-23(30)25-11-12-26-24)14-29-15-19(27-16-29)9-10-28-35(31,32)20-5-3-2-4-6-20/h2-8,11-13,15-16,28H,9-10,14,17H2,1H3. The van der Waals surface area contributed by atoms with Crippen molar-refractivity contribution in [3.8, 4) is 0 Å². The van der Waals surface area contributed by atoms with Crippen molar-refractivity contribution < 1.29 is 13.2 Å². The van der Waals surface area contributed by atoms with Crippen LogP contribution in [-0.4, -0.2) is 48.3 Å². The van der Waals surface area contributed by atoms with Crippen molar-refractivity contribution in [2.75, 3.05) is 25.3 Å². The van der Waals surface area contributed by atoms with Gasteiger partial charge >= 0.3 is 0 Å². The number of fused-ring (bicyclic) bond motifs is 2. The maximum absolute atomic E-state index is 12.4. The molecule has 5 rings (SSSR count). The molecule has 1 aliphatic heterocycles. The van der Waals surface area contributed by atoms with Crippen molar-refractivity contribution in [1.29, 1.82) is 0 Å². The van der Waals surface area contributed by atoms with E-state index in [0.29, 0.717) is 19.7 Å². The van der Waals surface area contributed by atoms with Gasteiger partial charge in [0.2, 0.25) is 10.0 Å². The van der Waals surface area contributed by atoms with Crippen LogP contribution in [0.15, 0.2) is 88.3 Å². The van der Waals surface area contributed by atoms with Crippen LogP contribution in [0.1, 0.15) is 11.3 Å². The second kappa shape index (κ2) is 10.2. The highest BCUT2D eigenvalue weighted by Gasteiger charge is 2.25. The molecule has 4 aromatic rings. The Bertz CT molecular complexity index is 1430. The maximum atomic E-state index is 12.4. The lowest BCUT2D eigenvalue weighted by Crippen LogP contribution is -2.26. The minimum atomic E-state index is -3.52. The molecule has 180 valence electrons. The summed E-state index contributed by atoms with van der Waals surface area (Å²) in [4.78, 5) is 16.8. The lowest BCUT2D eigenvalue weighted by atomic mass is 10.2. The van der Waals surface area contributed by atoms with E-state index in [1.165, 1.54) is 0 Å². The van der Waals surface area contributed by atoms with Gasteiger partial charge in [-0.3, -0.25) is 4.90 Å². The predicted molar refractivity (Wildman–Crippen MR) is 133 cm³/mol. The number of aromatic nitrogens is 4. The number of sulfonamides is 1. The van der Waals surface area contributed by atoms with Gasteiger partial charge in [-0.05, 0) is 29.8 Å². The summed E-state index contributed by atoms with van der Waals surface area (Å²) in [7, 11) is -1.86. The maximum Gasteiger partial charge on any atom is 0.240 e. The summed E-state index contributed by atoms with van der Waals surface area (Å²) < 4.78 is 34.8. The summed E-state index contributed by atoms with van der Waals surface area (Å²) in [5.74, 6) is 0.784. The normalized spacial score (nSPS) is 12.9. The van der Waals surface area contributed by atoms with E-state index < -0.39 is 10.0 Å². The summed E-state index contributed by atoms with van der Waals surface area (Å²) >= 11 is 1.59. The van der Waals surface area contributed by atoms with Crippen molar-refractivity contribution in [2.45, 2.75) is 27.8 Å². The molecule has 1 aliphatic rings. The van der Waals surface area contributed by atoms with Crippen LogP contribution in [-0.2, 0) is 27.7 Å². The van der Waals surface area contributed by atoms with Crippen molar-refractivity contribution in [3.63, 3.8) is 0 Å². The van der Waals surface area contributed by atoms with Crippen LogP contribution in [0.3, 0.4) is 0 Å². The molecule has 11 heteroatoms. The largest absolute Gasteiger partial charge is 0.364 e. The molecule has 0 saturated heterocycles. The molecule has 2 aromatic carbocycles. The Morgan fingerprint density at radius 2 is 1.89 bits per heavy atom. The first kappa shape index (κ1) is 23.5. The van der Waals surface area contributed by atoms with Crippen LogP contribution in [0, 0.1) is 0 Å². The van der Waals surface area contributed by atoms with Gasteiger partial charge in [0.15, 0.2) is 5.82 Å². The van der Waals surface area contributed by atoms with E-state index in [2.05, 4.69) is 37.9 Å². The van der Waals surface area contributed by atoms with E-state index in [1.807, 2.05) is 15.7 Å². The van der Waals surface area contributed by atoms with Crippen molar-refractivity contribution >= 4 is 33.3 Å². The predicted octanol–water partition coefficient (Wildman–Crippen LogP) is 3.45. The summed E-state index contributed by atoms with van der Waals surface area (Å²) in [6.07, 6.45) is 7.59. The Morgan fingerprint density at radius 1 is 1.06 bits per heavy atom. The number of ether oxygens (including phenoxy) is 1. The average molecular weight is 509 g/mol. The first-order chi connectivity index (χ1) is 17.0. The number of anilines is 2. The van der Waals surface area contributed by atoms with E-state index in [-0.39, 0.29) is 11.4 Å². The Labute approximate surface area is 208 Å². The second-order valence-corrected chi connectivity index (χ2v) is 10.7. The minimum absolute atomic E-state index is 0.257. The van der Waals surface area contributed by atoms with E-state index in [4.69, 9.17) is 4.74 Å². The van der Waals surface area contributed by atoms with Crippen LogP contribution < -0.4 is 9.62 Å². The Balaban J connectivity index is 1.25. The van der Waals surface area contributed by atoms with E-state index in [0.717, 1.165) is 32.7 Å². The van der Waals surface area contributed by atoms with Crippen LogP contribution in [0.2, 0.25) is 0 Å². The van der Waals surface area contributed by atoms with Gasteiger partial charge in [0, 0.05) is 50.1 Å². The van der Waals surface area contributed by atoms with Crippen LogP contribution in [0.5, 0.6) is 0 Å². The molecule has 0 amide bonds. The molecule has 0 spiro atoms. The molecule has 0 fully saturated rings. The van der Waals surface area contributed by atoms with E-state index in [9.17, 15) is 8.42 Å². The highest BCUT2D eigenvalue weighted by Crippen LogP contribution is 2.46. The zero-order chi connectivity index (χ0) is 24.3. The second-order valence-electron chi connectivity index (χ2n) is 7.93. The molecular weight excluding hydrogens is 484 g/mol. The van der Waals surface area contributed by atoms with Gasteiger partial charge in [-0.15, -0.1) is 0 Å². The van der Waals surface area contributed by atoms with E-state index >= 15 is 0 Å². The first-order valence-electron chi connectivity index (χ1n) is 11.0. The third-order valence-electron chi connectivity index (χ3n) is 5.46. The van der Waals surface area contributed by atoms with Gasteiger partial charge in [0.1, 0.15) is 11.8 Å². The van der Waals surface area contributed by atoms with Crippen molar-refractivity contribution in [1.82, 2.24) is 24.2 Å². The summed E-state index contributed by atoms with van der Waals surface area (Å²) in [6.45, 7) is 1.28. The number of hydrogen-bond donors (Lipinski definition) is 1. The molecule has 1 N–H and O–H groups in total. The lowest BCUT2D eigenvalue weighted by molar-refractivity contribution is 0.204. The third kappa shape index (κ3) is 5.22. The molecular formula is C24H24N6O3S2. The van der Waals surface area contributed by atoms with Crippen LogP contribution in [0.25, 0.3) is 0 Å². The first-order valence-corrected chi connectivity index (χ1v) is 13.3. The zero-order valence-corrected chi connectivity index (χ0v) is 20.7. The average Bonchev–Trinajstić information content (AvgIpc) is 3.31. The third-order valence-corrected chi connectivity index (χ3v) is 7.98. The number of rotatable bonds is 9. The number of imidazole rings is 1. The van der Waals surface area contributed by atoms with Crippen LogP contribution >= 0.6 is 11.8 Å². The molecule has 3 heterocycles. The molecule has 0 bridgehead atoms. The Morgan fingerprint density at radius 3 is 2.71 bits per heavy atom. The van der Waals surface area contributed by atoms with Crippen LogP contribution in [0.4, 0.5) is 11.5 Å². The zero-order valence-electron chi connectivity index (χ0n) is 19.0. The topological polar surface area (TPSA) is 102 Å². The number of methoxy groups -OCH3 is 1. The molecule has 0 radical (unpaired) electrons. The van der Waals surface area contributed by atoms with Crippen molar-refractivity contribution in [2.24, 2.45) is 0 Å². The number of hydrogen-bond acceptors (Lipinski definition) is 8. The van der Waals surface area contributed by atoms with E-state index in [1.54, 1.807) is 67.9 Å². The van der Waals surface area contributed by atoms with Gasteiger partial charge in [-0.25, -0.2) is 28.1 Å². The molecule has 0 aliphatic carbocycles. The molecule has 0 unspecified atom stereocenters. The smallest absolute Gasteiger partial charge is 0.240 e. The summed E-state index contributed by atoms with van der Waals surface area (Å²) in [5, 5.41) is 0.854. The van der Waals surface area contributed by atoms with Gasteiger partial charge in [-0.2, -0.15) is 0 Å². The fraction of sp³-hybridized carbons (Fsp3) is 0.208. The van der Waals surface area contributed by atoms with Crippen molar-refractivity contribution in [3.05, 3.63) is 84.7 Å². The highest BCUT2D eigenvalue weighted by atomic mass is 32.2. The molecule has 0 saturated carbocycles. The summed E-state index contributed by atoms with van der Waals surface area (Å²) in [6, 6.07) is 14.7. The van der Waals surface area contributed by atoms with Gasteiger partial charge in [0.05, 0.1) is 22.6 Å². The quantitative estimate of drug-likeness (QED) is 0.367. The van der Waals surface area contributed by atoms with Gasteiger partial charge in [0.25, 0.3) is 0 Å². The fourth-order valence-electron chi connectivity index (χ4n) is 3.84. The summed E-state index contributed by atoms with van der Waals surface area (Å²) in [5.41, 5.74) is 2.95. The highest BCUT2D eigenvalue weighted by molar-refractivity contribution is 7.99. The molecule has 9 nitrogen and oxygen atoms in total. The Kier molecular flexibility index (Phi) is 6.82.